The van der Waals surface area contributed by atoms with E-state index in [2.05, 4.69) is 0 Å². The fourth-order valence-electron chi connectivity index (χ4n) is 4.75. The summed E-state index contributed by atoms with van der Waals surface area (Å²) in [4.78, 5) is 29.4. The lowest BCUT2D eigenvalue weighted by Crippen LogP contribution is -3.14. The molecule has 8 nitrogen and oxygen atoms in total. The van der Waals surface area contributed by atoms with Gasteiger partial charge in [-0.15, -0.1) is 0 Å². The van der Waals surface area contributed by atoms with Crippen LogP contribution in [-0.4, -0.2) is 70.2 Å². The van der Waals surface area contributed by atoms with E-state index in [-0.39, 0.29) is 5.57 Å². The van der Waals surface area contributed by atoms with E-state index in [4.69, 9.17) is 14.2 Å². The van der Waals surface area contributed by atoms with Gasteiger partial charge in [-0.25, -0.2) is 0 Å². The van der Waals surface area contributed by atoms with Gasteiger partial charge in [-0.3, -0.25) is 9.59 Å². The number of nitrogens with one attached hydrogen (secondary N) is 1. The molecule has 2 aromatic carbocycles. The highest BCUT2D eigenvalue weighted by atomic mass is 16.5. The third-order valence-electron chi connectivity index (χ3n) is 6.70. The van der Waals surface area contributed by atoms with Crippen molar-refractivity contribution in [3.63, 3.8) is 0 Å². The van der Waals surface area contributed by atoms with Crippen LogP contribution in [-0.2, 0) is 14.3 Å². The van der Waals surface area contributed by atoms with Gasteiger partial charge in [0.1, 0.15) is 24.6 Å². The Bertz CT molecular complexity index is 1110. The van der Waals surface area contributed by atoms with Gasteiger partial charge >= 0.3 is 0 Å². The van der Waals surface area contributed by atoms with Gasteiger partial charge in [0.2, 0.25) is 5.78 Å². The van der Waals surface area contributed by atoms with Crippen molar-refractivity contribution >= 4 is 17.4 Å². The van der Waals surface area contributed by atoms with Crippen LogP contribution in [0.1, 0.15) is 29.2 Å². The van der Waals surface area contributed by atoms with Crippen LogP contribution in [0.25, 0.3) is 5.76 Å². The standard InChI is InChI=1S/C27H32N2O6/c1-18-5-7-19(8-6-18)25(30)23-24(21-17-20(33-2)9-10-22(21)34-3)29(27(32)26(23)31)12-4-11-28-13-15-35-16-14-28/h5-10,17,24,30H,4,11-16H2,1-3H3/b25-23+. The quantitative estimate of drug-likeness (QED) is 0.337. The fourth-order valence-corrected chi connectivity index (χ4v) is 4.75. The minimum atomic E-state index is -0.853. The number of carbonyl (C=O) groups excluding carboxylic acids is 2. The molecule has 2 heterocycles. The molecule has 0 radical (unpaired) electrons. The number of morpholine rings is 1. The number of aryl methyl sites for hydroxylation is 1. The zero-order valence-electron chi connectivity index (χ0n) is 20.5. The van der Waals surface area contributed by atoms with Crippen molar-refractivity contribution < 1.29 is 33.8 Å². The monoisotopic (exact) mass is 480 g/mol. The summed E-state index contributed by atoms with van der Waals surface area (Å²) in [6.07, 6.45) is 0.698. The van der Waals surface area contributed by atoms with Crippen LogP contribution in [0, 0.1) is 6.92 Å². The third kappa shape index (κ3) is 5.18. The average Bonchev–Trinajstić information content (AvgIpc) is 3.14. The molecule has 0 aromatic heterocycles. The number of rotatable bonds is 8. The molecular weight excluding hydrogens is 448 g/mol. The van der Waals surface area contributed by atoms with E-state index < -0.39 is 23.5 Å². The molecule has 1 amide bonds. The van der Waals surface area contributed by atoms with Gasteiger partial charge in [-0.1, -0.05) is 35.6 Å². The summed E-state index contributed by atoms with van der Waals surface area (Å²) in [6, 6.07) is 11.4. The first kappa shape index (κ1) is 24.8. The molecule has 0 saturated carbocycles. The molecule has 2 fully saturated rings. The lowest BCUT2D eigenvalue weighted by molar-refractivity contribution is -0.908. The lowest BCUT2D eigenvalue weighted by atomic mass is 9.94. The molecule has 2 aromatic rings. The van der Waals surface area contributed by atoms with E-state index in [0.717, 1.165) is 38.4 Å². The lowest BCUT2D eigenvalue weighted by Gasteiger charge is -2.30. The highest BCUT2D eigenvalue weighted by molar-refractivity contribution is 6.46. The van der Waals surface area contributed by atoms with Crippen LogP contribution in [0.5, 0.6) is 11.5 Å². The van der Waals surface area contributed by atoms with Crippen molar-refractivity contribution in [1.29, 1.82) is 0 Å². The van der Waals surface area contributed by atoms with Gasteiger partial charge in [-0.05, 0) is 30.7 Å². The summed E-state index contributed by atoms with van der Waals surface area (Å²) in [5.74, 6) is -0.834. The molecule has 8 heteroatoms. The Labute approximate surface area is 205 Å². The van der Waals surface area contributed by atoms with Crippen LogP contribution in [0.2, 0.25) is 0 Å². The molecule has 1 unspecified atom stereocenters. The Balaban J connectivity index is 1.75. The van der Waals surface area contributed by atoms with Crippen molar-refractivity contribution in [2.45, 2.75) is 19.4 Å². The number of methoxy groups -OCH3 is 2. The van der Waals surface area contributed by atoms with E-state index in [0.29, 0.717) is 35.6 Å². The Morgan fingerprint density at radius 1 is 1.09 bits per heavy atom. The van der Waals surface area contributed by atoms with Gasteiger partial charge in [0.25, 0.3) is 5.91 Å². The molecule has 1 N–H and O–H groups in total. The molecule has 0 spiro atoms. The second-order valence-electron chi connectivity index (χ2n) is 8.91. The number of hydrogen-bond acceptors (Lipinski definition) is 6. The molecule has 2 saturated heterocycles. The predicted molar refractivity (Wildman–Crippen MR) is 128 cm³/mol. The van der Waals surface area contributed by atoms with E-state index >= 15 is 0 Å². The molecule has 0 bridgehead atoms. The molecule has 0 aliphatic carbocycles. The first-order chi connectivity index (χ1) is 16.9. The Hall–Kier alpha value is -3.36. The van der Waals surface area contributed by atoms with Crippen molar-refractivity contribution in [3.8, 4) is 11.5 Å². The maximum Gasteiger partial charge on any atom is 0.295 e. The van der Waals surface area contributed by atoms with Crippen molar-refractivity contribution in [2.75, 3.05) is 53.6 Å². The summed E-state index contributed by atoms with van der Waals surface area (Å²) in [5.41, 5.74) is 1.88. The summed E-state index contributed by atoms with van der Waals surface area (Å²) >= 11 is 0. The van der Waals surface area contributed by atoms with Gasteiger partial charge in [0, 0.05) is 24.1 Å². The van der Waals surface area contributed by atoms with Gasteiger partial charge < -0.3 is 29.1 Å². The van der Waals surface area contributed by atoms with Gasteiger partial charge in [0.15, 0.2) is 0 Å². The second-order valence-corrected chi connectivity index (χ2v) is 8.91. The van der Waals surface area contributed by atoms with Crippen LogP contribution < -0.4 is 19.5 Å². The van der Waals surface area contributed by atoms with Crippen LogP contribution >= 0.6 is 0 Å². The number of quaternary nitrogens is 1. The number of ketones is 1. The number of benzene rings is 2. The highest BCUT2D eigenvalue weighted by Gasteiger charge is 2.45. The predicted octanol–water partition coefficient (Wildman–Crippen LogP) is 0.541. The number of hydrogen-bond donors (Lipinski definition) is 1. The largest absolute Gasteiger partial charge is 0.872 e. The number of Topliss-reactive ketones (excluding diaryl/α,β-unsaturated/α-hetero) is 1. The summed E-state index contributed by atoms with van der Waals surface area (Å²) in [5, 5.41) is 13.6. The normalized spacial score (nSPS) is 20.3. The molecule has 1 atom stereocenters. The smallest absolute Gasteiger partial charge is 0.295 e. The second kappa shape index (κ2) is 10.9. The Morgan fingerprint density at radius 3 is 2.46 bits per heavy atom. The number of amides is 1. The van der Waals surface area contributed by atoms with E-state index in [9.17, 15) is 14.7 Å². The van der Waals surface area contributed by atoms with E-state index in [1.807, 2.05) is 19.1 Å². The molecular formula is C27H32N2O6. The Kier molecular flexibility index (Phi) is 7.73. The fraction of sp³-hybridized carbons (Fsp3) is 0.407. The zero-order chi connectivity index (χ0) is 24.9. The molecule has 35 heavy (non-hydrogen) atoms. The Morgan fingerprint density at radius 2 is 1.80 bits per heavy atom. The molecule has 186 valence electrons. The molecule has 4 rings (SSSR count). The van der Waals surface area contributed by atoms with Crippen LogP contribution in [0.15, 0.2) is 48.0 Å². The number of carbonyl (C=O) groups is 2. The first-order valence-electron chi connectivity index (χ1n) is 11.9. The summed E-state index contributed by atoms with van der Waals surface area (Å²) < 4.78 is 16.4. The minimum Gasteiger partial charge on any atom is -0.872 e. The van der Waals surface area contributed by atoms with Crippen molar-refractivity contribution in [3.05, 3.63) is 64.7 Å². The molecule has 2 aliphatic rings. The van der Waals surface area contributed by atoms with Gasteiger partial charge in [0.05, 0.1) is 40.0 Å². The number of likely N-dealkylation sites (tertiary alicyclic amines) is 1. The van der Waals surface area contributed by atoms with E-state index in [1.165, 1.54) is 16.9 Å². The van der Waals surface area contributed by atoms with Crippen molar-refractivity contribution in [2.24, 2.45) is 0 Å². The minimum absolute atomic E-state index is 0.0517. The average molecular weight is 481 g/mol. The number of nitrogens with zero attached hydrogens (tertiary/aromatic N) is 1. The summed E-state index contributed by atoms with van der Waals surface area (Å²) in [7, 11) is 3.07. The summed E-state index contributed by atoms with van der Waals surface area (Å²) in [6.45, 7) is 6.42. The van der Waals surface area contributed by atoms with Crippen LogP contribution in [0.3, 0.4) is 0 Å². The van der Waals surface area contributed by atoms with Crippen molar-refractivity contribution in [1.82, 2.24) is 4.90 Å². The van der Waals surface area contributed by atoms with E-state index in [1.54, 1.807) is 37.4 Å². The maximum atomic E-state index is 13.6. The van der Waals surface area contributed by atoms with Crippen LogP contribution in [0.4, 0.5) is 0 Å². The number of ether oxygens (including phenoxy) is 3. The zero-order valence-corrected chi connectivity index (χ0v) is 20.5. The SMILES string of the molecule is COc1ccc(OC)c(C2/C(=C(\[O-])c3ccc(C)cc3)C(=O)C(=O)N2CCC[NH+]2CCOCC2)c1. The third-order valence-corrected chi connectivity index (χ3v) is 6.70. The molecule has 2 aliphatic heterocycles. The maximum absolute atomic E-state index is 13.6. The highest BCUT2D eigenvalue weighted by Crippen LogP contribution is 2.43. The topological polar surface area (TPSA) is 92.6 Å². The van der Waals surface area contributed by atoms with Gasteiger partial charge in [-0.2, -0.15) is 0 Å². The first-order valence-corrected chi connectivity index (χ1v) is 11.9.